The maximum Gasteiger partial charge on any atom is 0.0924 e. The first-order valence-electron chi connectivity index (χ1n) is 5.86. The van der Waals surface area contributed by atoms with E-state index in [1.54, 1.807) is 6.33 Å². The topological polar surface area (TPSA) is 56.5 Å². The van der Waals surface area contributed by atoms with Gasteiger partial charge >= 0.3 is 0 Å². The molecule has 3 aromatic rings. The molecule has 0 fully saturated rings. The first kappa shape index (κ1) is 10.7. The van der Waals surface area contributed by atoms with E-state index in [4.69, 9.17) is 0 Å². The molecule has 90 valence electrons. The number of aromatic amines is 2. The van der Waals surface area contributed by atoms with Gasteiger partial charge in [-0.3, -0.25) is 0 Å². The Balaban J connectivity index is 1.68. The molecule has 0 aliphatic rings. The Morgan fingerprint density at radius 3 is 2.67 bits per heavy atom. The minimum absolute atomic E-state index is 0.826. The second-order valence-electron chi connectivity index (χ2n) is 4.12. The zero-order valence-corrected chi connectivity index (χ0v) is 9.85. The van der Waals surface area contributed by atoms with Gasteiger partial charge < -0.3 is 15.3 Å². The third-order valence-corrected chi connectivity index (χ3v) is 2.85. The highest BCUT2D eigenvalue weighted by Gasteiger charge is 1.99. The van der Waals surface area contributed by atoms with Gasteiger partial charge in [-0.15, -0.1) is 0 Å². The van der Waals surface area contributed by atoms with Crippen LogP contribution in [0.1, 0.15) is 5.56 Å². The maximum absolute atomic E-state index is 4.02. The van der Waals surface area contributed by atoms with Crippen molar-refractivity contribution < 1.29 is 0 Å². The number of H-pyrrole nitrogens is 2. The molecule has 3 N–H and O–H groups in total. The van der Waals surface area contributed by atoms with E-state index in [0.29, 0.717) is 0 Å². The molecule has 0 radical (unpaired) electrons. The summed E-state index contributed by atoms with van der Waals surface area (Å²) in [6.45, 7) is 0.826. The number of aromatic nitrogens is 3. The Morgan fingerprint density at radius 1 is 1.11 bits per heavy atom. The predicted octanol–water partition coefficient (Wildman–Crippen LogP) is 3.02. The van der Waals surface area contributed by atoms with Gasteiger partial charge in [0.2, 0.25) is 0 Å². The van der Waals surface area contributed by atoms with Gasteiger partial charge in [0.15, 0.2) is 0 Å². The fraction of sp³-hybridized carbons (Fsp3) is 0.0714. The quantitative estimate of drug-likeness (QED) is 0.654. The number of nitrogens with zero attached hydrogens (tertiary/aromatic N) is 1. The van der Waals surface area contributed by atoms with Crippen LogP contribution < -0.4 is 5.32 Å². The smallest absolute Gasteiger partial charge is 0.0924 e. The molecule has 3 rings (SSSR count). The molecule has 0 bridgehead atoms. The van der Waals surface area contributed by atoms with Crippen molar-refractivity contribution in [3.05, 3.63) is 60.8 Å². The molecule has 1 aromatic carbocycles. The van der Waals surface area contributed by atoms with Crippen molar-refractivity contribution in [2.45, 2.75) is 6.54 Å². The van der Waals surface area contributed by atoms with E-state index in [9.17, 15) is 0 Å². The highest BCUT2D eigenvalue weighted by atomic mass is 14.9. The van der Waals surface area contributed by atoms with E-state index < -0.39 is 0 Å². The number of anilines is 1. The minimum Gasteiger partial charge on any atom is -0.381 e. The maximum atomic E-state index is 4.02. The second-order valence-corrected chi connectivity index (χ2v) is 4.12. The highest BCUT2D eigenvalue weighted by Crippen LogP contribution is 2.19. The zero-order chi connectivity index (χ0) is 12.2. The van der Waals surface area contributed by atoms with Crippen LogP contribution in [0.15, 0.2) is 55.2 Å². The Labute approximate surface area is 105 Å². The fourth-order valence-electron chi connectivity index (χ4n) is 1.85. The minimum atomic E-state index is 0.826. The molecule has 0 spiro atoms. The van der Waals surface area contributed by atoms with E-state index in [2.05, 4.69) is 50.6 Å². The van der Waals surface area contributed by atoms with Gasteiger partial charge in [0.1, 0.15) is 0 Å². The summed E-state index contributed by atoms with van der Waals surface area (Å²) >= 11 is 0. The van der Waals surface area contributed by atoms with E-state index in [1.165, 1.54) is 5.56 Å². The third-order valence-electron chi connectivity index (χ3n) is 2.85. The molecule has 0 saturated carbocycles. The summed E-state index contributed by atoms with van der Waals surface area (Å²) in [5.41, 5.74) is 4.53. The van der Waals surface area contributed by atoms with Crippen molar-refractivity contribution in [1.82, 2.24) is 15.0 Å². The molecule has 0 saturated heterocycles. The fourth-order valence-corrected chi connectivity index (χ4v) is 1.85. The Hall–Kier alpha value is -2.49. The highest BCUT2D eigenvalue weighted by molar-refractivity contribution is 5.61. The molecule has 2 aromatic heterocycles. The van der Waals surface area contributed by atoms with Gasteiger partial charge in [-0.25, -0.2) is 4.98 Å². The lowest BCUT2D eigenvalue weighted by Crippen LogP contribution is -1.97. The van der Waals surface area contributed by atoms with Crippen LogP contribution in [0.25, 0.3) is 11.3 Å². The van der Waals surface area contributed by atoms with Crippen molar-refractivity contribution in [3.8, 4) is 11.3 Å². The largest absolute Gasteiger partial charge is 0.381 e. The number of hydrogen-bond donors (Lipinski definition) is 3. The summed E-state index contributed by atoms with van der Waals surface area (Å²) in [4.78, 5) is 10.2. The van der Waals surface area contributed by atoms with Crippen molar-refractivity contribution >= 4 is 5.69 Å². The second kappa shape index (κ2) is 4.79. The molecule has 0 atom stereocenters. The molecule has 4 heteroatoms. The van der Waals surface area contributed by atoms with Crippen molar-refractivity contribution in [2.75, 3.05) is 5.32 Å². The molecular weight excluding hydrogens is 224 g/mol. The van der Waals surface area contributed by atoms with Gasteiger partial charge in [-0.05, 0) is 29.3 Å². The lowest BCUT2D eigenvalue weighted by molar-refractivity contribution is 1.15. The molecule has 0 aliphatic carbocycles. The summed E-state index contributed by atoms with van der Waals surface area (Å²) in [5, 5.41) is 3.37. The molecule has 0 aliphatic heterocycles. The van der Waals surface area contributed by atoms with Crippen molar-refractivity contribution in [2.24, 2.45) is 0 Å². The van der Waals surface area contributed by atoms with Gasteiger partial charge in [0, 0.05) is 24.6 Å². The molecule has 0 amide bonds. The van der Waals surface area contributed by atoms with Crippen LogP contribution in [0.4, 0.5) is 5.69 Å². The zero-order valence-electron chi connectivity index (χ0n) is 9.85. The van der Waals surface area contributed by atoms with Gasteiger partial charge in [-0.2, -0.15) is 0 Å². The van der Waals surface area contributed by atoms with Crippen molar-refractivity contribution in [1.29, 1.82) is 0 Å². The average molecular weight is 238 g/mol. The third kappa shape index (κ3) is 2.27. The van der Waals surface area contributed by atoms with Crippen molar-refractivity contribution in [3.63, 3.8) is 0 Å². The molecule has 2 heterocycles. The molecule has 0 unspecified atom stereocenters. The molecular formula is C14H14N4. The monoisotopic (exact) mass is 238 g/mol. The summed E-state index contributed by atoms with van der Waals surface area (Å²) in [6, 6.07) is 10.4. The van der Waals surface area contributed by atoms with Gasteiger partial charge in [0.25, 0.3) is 0 Å². The number of rotatable bonds is 4. The van der Waals surface area contributed by atoms with Crippen LogP contribution in [-0.2, 0) is 6.54 Å². The van der Waals surface area contributed by atoms with Crippen LogP contribution in [-0.4, -0.2) is 15.0 Å². The van der Waals surface area contributed by atoms with E-state index in [-0.39, 0.29) is 0 Å². The number of nitrogens with one attached hydrogen (secondary N) is 3. The van der Waals surface area contributed by atoms with Gasteiger partial charge in [0.05, 0.1) is 18.2 Å². The summed E-state index contributed by atoms with van der Waals surface area (Å²) < 4.78 is 0. The summed E-state index contributed by atoms with van der Waals surface area (Å²) in [5.74, 6) is 0. The lowest BCUT2D eigenvalue weighted by atomic mass is 10.1. The van der Waals surface area contributed by atoms with E-state index in [1.807, 2.05) is 18.6 Å². The standard InChI is InChI=1S/C14H14N4/c1-3-13(17-8-11-5-6-15-7-11)4-2-12(1)14-9-16-10-18-14/h1-7,9-10,15,17H,8H2,(H,16,18). The average Bonchev–Trinajstić information content (AvgIpc) is 3.10. The van der Waals surface area contributed by atoms with E-state index in [0.717, 1.165) is 23.5 Å². The summed E-state index contributed by atoms with van der Waals surface area (Å²) in [7, 11) is 0. The van der Waals surface area contributed by atoms with Crippen LogP contribution in [0, 0.1) is 0 Å². The Bertz CT molecular complexity index is 579. The van der Waals surface area contributed by atoms with Crippen LogP contribution in [0.3, 0.4) is 0 Å². The first-order chi connectivity index (χ1) is 8.92. The SMILES string of the molecule is c1cc(CNc2ccc(-c3cnc[nH]3)cc2)c[nH]1. The Morgan fingerprint density at radius 2 is 2.00 bits per heavy atom. The van der Waals surface area contributed by atoms with E-state index >= 15 is 0 Å². The van der Waals surface area contributed by atoms with Crippen LogP contribution in [0.2, 0.25) is 0 Å². The number of imidazole rings is 1. The number of benzene rings is 1. The van der Waals surface area contributed by atoms with Crippen LogP contribution >= 0.6 is 0 Å². The molecule has 4 nitrogen and oxygen atoms in total. The summed E-state index contributed by atoms with van der Waals surface area (Å²) in [6.07, 6.45) is 7.43. The van der Waals surface area contributed by atoms with Crippen LogP contribution in [0.5, 0.6) is 0 Å². The molecule has 18 heavy (non-hydrogen) atoms. The first-order valence-corrected chi connectivity index (χ1v) is 5.86. The Kier molecular flexibility index (Phi) is 2.84. The number of hydrogen-bond acceptors (Lipinski definition) is 2. The predicted molar refractivity (Wildman–Crippen MR) is 72.1 cm³/mol. The lowest BCUT2D eigenvalue weighted by Gasteiger charge is -2.05. The normalized spacial score (nSPS) is 10.4. The van der Waals surface area contributed by atoms with Gasteiger partial charge in [-0.1, -0.05) is 12.1 Å².